The van der Waals surface area contributed by atoms with E-state index in [2.05, 4.69) is 71.5 Å². The molecule has 8 heterocycles. The SMILES string of the molecule is CCC(C)n1cnc2c(-c3cnc(N)nc3)nc(N3CCOCC3)nc21.Cc1nc2c(-c3cnc(N)nc3)nc(N3CCOCC3)nc2n1C(C)C. The Morgan fingerprint density at radius 2 is 1.13 bits per heavy atom. The van der Waals surface area contributed by atoms with E-state index in [0.717, 1.165) is 83.3 Å². The van der Waals surface area contributed by atoms with Crippen LogP contribution in [-0.2, 0) is 9.47 Å². The summed E-state index contributed by atoms with van der Waals surface area (Å²) in [5.74, 6) is 2.72. The average molecular weight is 709 g/mol. The van der Waals surface area contributed by atoms with Gasteiger partial charge in [-0.05, 0) is 34.1 Å². The van der Waals surface area contributed by atoms with Gasteiger partial charge in [-0.3, -0.25) is 0 Å². The molecule has 8 rings (SSSR count). The molecule has 2 aliphatic heterocycles. The summed E-state index contributed by atoms with van der Waals surface area (Å²) in [5.41, 5.74) is 17.4. The van der Waals surface area contributed by atoms with Crippen molar-refractivity contribution in [3.63, 3.8) is 0 Å². The van der Waals surface area contributed by atoms with Crippen LogP contribution in [0.4, 0.5) is 23.8 Å². The molecule has 52 heavy (non-hydrogen) atoms. The molecule has 0 bridgehead atoms. The molecule has 1 atom stereocenters. The lowest BCUT2D eigenvalue weighted by Gasteiger charge is -2.27. The first-order valence-electron chi connectivity index (χ1n) is 17.5. The van der Waals surface area contributed by atoms with Crippen LogP contribution >= 0.6 is 0 Å². The maximum Gasteiger partial charge on any atom is 0.228 e. The predicted octanol–water partition coefficient (Wildman–Crippen LogP) is 3.26. The van der Waals surface area contributed by atoms with Gasteiger partial charge in [0.15, 0.2) is 11.3 Å². The maximum atomic E-state index is 5.64. The number of nitrogens with zero attached hydrogens (tertiary/aromatic N) is 14. The number of nitrogen functional groups attached to an aromatic ring is 2. The lowest BCUT2D eigenvalue weighted by Crippen LogP contribution is -2.37. The van der Waals surface area contributed by atoms with Crippen LogP contribution in [0.2, 0.25) is 0 Å². The highest BCUT2D eigenvalue weighted by Crippen LogP contribution is 2.31. The molecular formula is C34H44N16O2. The van der Waals surface area contributed by atoms with Gasteiger partial charge in [0, 0.05) is 74.2 Å². The zero-order chi connectivity index (χ0) is 36.4. The molecule has 0 radical (unpaired) electrons. The summed E-state index contributed by atoms with van der Waals surface area (Å²) in [6.45, 7) is 16.3. The quantitative estimate of drug-likeness (QED) is 0.243. The van der Waals surface area contributed by atoms with Crippen LogP contribution in [0.1, 0.15) is 52.0 Å². The molecule has 1 unspecified atom stereocenters. The normalized spacial score (nSPS) is 15.7. The minimum absolute atomic E-state index is 0.233. The predicted molar refractivity (Wildman–Crippen MR) is 198 cm³/mol. The van der Waals surface area contributed by atoms with E-state index in [1.165, 1.54) is 0 Å². The van der Waals surface area contributed by atoms with Gasteiger partial charge in [-0.2, -0.15) is 9.97 Å². The largest absolute Gasteiger partial charge is 0.378 e. The van der Waals surface area contributed by atoms with Crippen LogP contribution in [0.15, 0.2) is 31.1 Å². The summed E-state index contributed by atoms with van der Waals surface area (Å²) in [4.78, 5) is 49.2. The molecule has 0 spiro atoms. The van der Waals surface area contributed by atoms with Crippen molar-refractivity contribution in [2.45, 2.75) is 53.1 Å². The second-order valence-corrected chi connectivity index (χ2v) is 13.0. The number of aromatic nitrogens is 12. The van der Waals surface area contributed by atoms with Crippen molar-refractivity contribution in [1.29, 1.82) is 0 Å². The van der Waals surface area contributed by atoms with Gasteiger partial charge < -0.3 is 39.9 Å². The second-order valence-electron chi connectivity index (χ2n) is 13.0. The molecule has 18 heteroatoms. The van der Waals surface area contributed by atoms with Crippen LogP contribution in [-0.4, -0.2) is 112 Å². The van der Waals surface area contributed by atoms with E-state index in [-0.39, 0.29) is 17.9 Å². The van der Waals surface area contributed by atoms with Crippen molar-refractivity contribution in [2.24, 2.45) is 0 Å². The summed E-state index contributed by atoms with van der Waals surface area (Å²) < 4.78 is 15.1. The lowest BCUT2D eigenvalue weighted by atomic mass is 10.2. The van der Waals surface area contributed by atoms with Crippen LogP contribution in [0.3, 0.4) is 0 Å². The first-order valence-corrected chi connectivity index (χ1v) is 17.5. The molecule has 272 valence electrons. The molecule has 0 amide bonds. The Kier molecular flexibility index (Phi) is 9.99. The van der Waals surface area contributed by atoms with Gasteiger partial charge in [-0.15, -0.1) is 0 Å². The number of morpholine rings is 2. The first-order chi connectivity index (χ1) is 25.2. The molecule has 2 aliphatic rings. The Morgan fingerprint density at radius 1 is 0.654 bits per heavy atom. The number of ether oxygens (including phenoxy) is 2. The van der Waals surface area contributed by atoms with Gasteiger partial charge >= 0.3 is 0 Å². The van der Waals surface area contributed by atoms with Crippen molar-refractivity contribution in [3.8, 4) is 22.5 Å². The molecule has 6 aromatic rings. The van der Waals surface area contributed by atoms with Gasteiger partial charge in [0.1, 0.15) is 28.2 Å². The summed E-state index contributed by atoms with van der Waals surface area (Å²) in [6.07, 6.45) is 9.53. The highest BCUT2D eigenvalue weighted by molar-refractivity contribution is 5.89. The average Bonchev–Trinajstić information content (AvgIpc) is 3.76. The van der Waals surface area contributed by atoms with Crippen LogP contribution in [0, 0.1) is 6.92 Å². The number of imidazole rings is 2. The monoisotopic (exact) mass is 708 g/mol. The first kappa shape index (κ1) is 34.8. The topological polar surface area (TPSA) is 216 Å². The number of hydrogen-bond donors (Lipinski definition) is 2. The number of nitrogens with two attached hydrogens (primary N) is 2. The number of fused-ring (bicyclic) bond motifs is 2. The Labute approximate surface area is 300 Å². The van der Waals surface area contributed by atoms with Gasteiger partial charge in [0.2, 0.25) is 23.8 Å². The number of hydrogen-bond acceptors (Lipinski definition) is 16. The van der Waals surface area contributed by atoms with Crippen molar-refractivity contribution < 1.29 is 9.47 Å². The number of rotatable bonds is 7. The number of aryl methyl sites for hydroxylation is 1. The van der Waals surface area contributed by atoms with E-state index in [9.17, 15) is 0 Å². The van der Waals surface area contributed by atoms with Crippen LogP contribution in [0.25, 0.3) is 44.8 Å². The highest BCUT2D eigenvalue weighted by Gasteiger charge is 2.24. The van der Waals surface area contributed by atoms with Crippen molar-refractivity contribution in [3.05, 3.63) is 36.9 Å². The van der Waals surface area contributed by atoms with Crippen LogP contribution < -0.4 is 21.3 Å². The van der Waals surface area contributed by atoms with E-state index in [1.807, 2.05) is 13.3 Å². The molecular weight excluding hydrogens is 664 g/mol. The smallest absolute Gasteiger partial charge is 0.228 e. The van der Waals surface area contributed by atoms with E-state index in [0.29, 0.717) is 44.4 Å². The fourth-order valence-corrected chi connectivity index (χ4v) is 6.25. The Bertz CT molecular complexity index is 2140. The second kappa shape index (κ2) is 14.9. The molecule has 0 aliphatic carbocycles. The van der Waals surface area contributed by atoms with E-state index >= 15 is 0 Å². The molecule has 2 fully saturated rings. The molecule has 2 saturated heterocycles. The maximum absolute atomic E-state index is 5.64. The van der Waals surface area contributed by atoms with Crippen molar-refractivity contribution >= 4 is 46.1 Å². The minimum Gasteiger partial charge on any atom is -0.378 e. The zero-order valence-electron chi connectivity index (χ0n) is 30.1. The molecule has 4 N–H and O–H groups in total. The minimum atomic E-state index is 0.233. The summed E-state index contributed by atoms with van der Waals surface area (Å²) in [7, 11) is 0. The standard InChI is InChI=1S/2C17H22N8O/c1-10(2)25-11(3)21-14-13(12-8-19-16(18)20-9-12)22-17(23-15(14)25)24-4-6-26-7-5-24;1-3-11(2)25-10-21-14-13(12-8-19-16(18)20-9-12)22-17(23-15(14)25)24-4-6-26-7-5-24/h8-10H,4-7H2,1-3H3,(H2,18,19,20);8-11H,3-7H2,1-2H3,(H2,18,19,20). The van der Waals surface area contributed by atoms with Crippen LogP contribution in [0.5, 0.6) is 0 Å². The van der Waals surface area contributed by atoms with Gasteiger partial charge in [0.05, 0.1) is 32.8 Å². The van der Waals surface area contributed by atoms with Gasteiger partial charge in [-0.25, -0.2) is 39.9 Å². The molecule has 0 aromatic carbocycles. The zero-order valence-corrected chi connectivity index (χ0v) is 30.1. The summed E-state index contributed by atoms with van der Waals surface area (Å²) in [5, 5.41) is 0. The molecule has 0 saturated carbocycles. The summed E-state index contributed by atoms with van der Waals surface area (Å²) >= 11 is 0. The summed E-state index contributed by atoms with van der Waals surface area (Å²) in [6, 6.07) is 0.533. The van der Waals surface area contributed by atoms with E-state index in [4.69, 9.17) is 45.9 Å². The third-order valence-corrected chi connectivity index (χ3v) is 9.17. The Balaban J connectivity index is 0.000000162. The van der Waals surface area contributed by atoms with E-state index in [1.54, 1.807) is 24.8 Å². The third kappa shape index (κ3) is 6.98. The fraction of sp³-hybridized carbons (Fsp3) is 0.471. The molecule has 6 aromatic heterocycles. The molecule has 18 nitrogen and oxygen atoms in total. The highest BCUT2D eigenvalue weighted by atomic mass is 16.5. The lowest BCUT2D eigenvalue weighted by molar-refractivity contribution is 0.122. The fourth-order valence-electron chi connectivity index (χ4n) is 6.25. The third-order valence-electron chi connectivity index (χ3n) is 9.17. The van der Waals surface area contributed by atoms with Crippen molar-refractivity contribution in [2.75, 3.05) is 73.9 Å². The van der Waals surface area contributed by atoms with Crippen molar-refractivity contribution in [1.82, 2.24) is 59.0 Å². The number of anilines is 4. The van der Waals surface area contributed by atoms with Gasteiger partial charge in [-0.1, -0.05) is 6.92 Å². The Hall–Kier alpha value is -5.62. The Morgan fingerprint density at radius 3 is 1.62 bits per heavy atom. The van der Waals surface area contributed by atoms with Gasteiger partial charge in [0.25, 0.3) is 0 Å². The van der Waals surface area contributed by atoms with E-state index < -0.39 is 0 Å².